The highest BCUT2D eigenvalue weighted by molar-refractivity contribution is 5.87. The van der Waals surface area contributed by atoms with Gasteiger partial charge in [-0.2, -0.15) is 0 Å². The number of amides is 2. The lowest BCUT2D eigenvalue weighted by Crippen LogP contribution is -2.50. The standard InChI is InChI=1S/C17H24N4O4/c1-12(16(24)19-8-3-2-4-9-19)18-14(22)11-21-15(23)7-10-20(17(21)25)13-5-6-13/h7,10,12-13H,2-6,8-9,11H2,1H3,(H,18,22)/t12-/m0/s1. The zero-order valence-corrected chi connectivity index (χ0v) is 14.4. The molecular formula is C17H24N4O4. The van der Waals surface area contributed by atoms with Crippen molar-refractivity contribution >= 4 is 11.8 Å². The van der Waals surface area contributed by atoms with Gasteiger partial charge >= 0.3 is 5.69 Å². The van der Waals surface area contributed by atoms with Crippen LogP contribution in [-0.2, 0) is 16.1 Å². The Morgan fingerprint density at radius 1 is 1.20 bits per heavy atom. The van der Waals surface area contributed by atoms with Crippen LogP contribution in [0.2, 0.25) is 0 Å². The van der Waals surface area contributed by atoms with Gasteiger partial charge in [-0.05, 0) is 39.0 Å². The fraction of sp³-hybridized carbons (Fsp3) is 0.647. The maximum Gasteiger partial charge on any atom is 0.331 e. The van der Waals surface area contributed by atoms with Crippen molar-refractivity contribution in [1.29, 1.82) is 0 Å². The van der Waals surface area contributed by atoms with E-state index in [2.05, 4.69) is 5.32 Å². The maximum atomic E-state index is 12.3. The number of rotatable bonds is 5. The van der Waals surface area contributed by atoms with E-state index < -0.39 is 23.2 Å². The van der Waals surface area contributed by atoms with Gasteiger partial charge in [-0.1, -0.05) is 0 Å². The third-order valence-electron chi connectivity index (χ3n) is 4.75. The number of nitrogens with one attached hydrogen (secondary N) is 1. The van der Waals surface area contributed by atoms with Crippen molar-refractivity contribution in [2.24, 2.45) is 0 Å². The number of hydrogen-bond acceptors (Lipinski definition) is 4. The first kappa shape index (κ1) is 17.4. The quantitative estimate of drug-likeness (QED) is 0.802. The molecule has 1 aliphatic heterocycles. The number of carbonyl (C=O) groups excluding carboxylic acids is 2. The average molecular weight is 348 g/mol. The van der Waals surface area contributed by atoms with Gasteiger partial charge in [0, 0.05) is 31.4 Å². The zero-order valence-electron chi connectivity index (χ0n) is 14.4. The van der Waals surface area contributed by atoms with Crippen molar-refractivity contribution in [3.05, 3.63) is 33.1 Å². The minimum Gasteiger partial charge on any atom is -0.343 e. The highest BCUT2D eigenvalue weighted by Crippen LogP contribution is 2.32. The van der Waals surface area contributed by atoms with Crippen LogP contribution in [0.15, 0.2) is 21.9 Å². The summed E-state index contributed by atoms with van der Waals surface area (Å²) in [5.41, 5.74) is -0.979. The molecule has 2 amide bonds. The molecular weight excluding hydrogens is 324 g/mol. The number of hydrogen-bond donors (Lipinski definition) is 1. The molecule has 1 saturated carbocycles. The first-order valence-electron chi connectivity index (χ1n) is 8.87. The number of likely N-dealkylation sites (tertiary alicyclic amines) is 1. The maximum absolute atomic E-state index is 12.3. The van der Waals surface area contributed by atoms with Gasteiger partial charge < -0.3 is 10.2 Å². The van der Waals surface area contributed by atoms with Crippen molar-refractivity contribution in [2.75, 3.05) is 13.1 Å². The Balaban J connectivity index is 1.64. The Morgan fingerprint density at radius 2 is 1.88 bits per heavy atom. The number of carbonyl (C=O) groups is 2. The number of aromatic nitrogens is 2. The minimum absolute atomic E-state index is 0.121. The zero-order chi connectivity index (χ0) is 18.0. The summed E-state index contributed by atoms with van der Waals surface area (Å²) in [5.74, 6) is -0.630. The van der Waals surface area contributed by atoms with Crippen LogP contribution in [0.5, 0.6) is 0 Å². The summed E-state index contributed by atoms with van der Waals surface area (Å²) in [7, 11) is 0. The summed E-state index contributed by atoms with van der Waals surface area (Å²) in [6, 6.07) is 0.757. The summed E-state index contributed by atoms with van der Waals surface area (Å²) >= 11 is 0. The lowest BCUT2D eigenvalue weighted by Gasteiger charge is -2.29. The smallest absolute Gasteiger partial charge is 0.331 e. The fourth-order valence-corrected chi connectivity index (χ4v) is 3.19. The Hall–Kier alpha value is -2.38. The van der Waals surface area contributed by atoms with E-state index >= 15 is 0 Å². The fourth-order valence-electron chi connectivity index (χ4n) is 3.19. The molecule has 8 heteroatoms. The second kappa shape index (κ2) is 7.25. The summed E-state index contributed by atoms with van der Waals surface area (Å²) in [6.45, 7) is 2.68. The molecule has 0 spiro atoms. The van der Waals surface area contributed by atoms with Crippen LogP contribution in [0.4, 0.5) is 0 Å². The molecule has 8 nitrogen and oxygen atoms in total. The Labute approximate surface area is 145 Å². The molecule has 1 saturated heterocycles. The van der Waals surface area contributed by atoms with Gasteiger partial charge in [0.25, 0.3) is 5.56 Å². The summed E-state index contributed by atoms with van der Waals surface area (Å²) < 4.78 is 2.42. The van der Waals surface area contributed by atoms with Crippen LogP contribution >= 0.6 is 0 Å². The molecule has 136 valence electrons. The topological polar surface area (TPSA) is 93.4 Å². The summed E-state index contributed by atoms with van der Waals surface area (Å²) in [4.78, 5) is 50.6. The Kier molecular flexibility index (Phi) is 5.06. The van der Waals surface area contributed by atoms with Crippen LogP contribution in [0.3, 0.4) is 0 Å². The third kappa shape index (κ3) is 4.00. The van der Waals surface area contributed by atoms with E-state index in [1.807, 2.05) is 0 Å². The minimum atomic E-state index is -0.671. The van der Waals surface area contributed by atoms with Crippen molar-refractivity contribution in [3.63, 3.8) is 0 Å². The van der Waals surface area contributed by atoms with E-state index in [0.29, 0.717) is 13.1 Å². The van der Waals surface area contributed by atoms with E-state index in [4.69, 9.17) is 0 Å². The Bertz CT molecular complexity index is 772. The normalized spacial score (nSPS) is 18.7. The molecule has 2 heterocycles. The van der Waals surface area contributed by atoms with E-state index in [9.17, 15) is 19.2 Å². The third-order valence-corrected chi connectivity index (χ3v) is 4.75. The molecule has 1 N–H and O–H groups in total. The molecule has 1 atom stereocenters. The molecule has 3 rings (SSSR count). The molecule has 0 unspecified atom stereocenters. The summed E-state index contributed by atoms with van der Waals surface area (Å²) in [5, 5.41) is 2.61. The van der Waals surface area contributed by atoms with Gasteiger partial charge in [-0.15, -0.1) is 0 Å². The van der Waals surface area contributed by atoms with E-state index in [1.54, 1.807) is 11.8 Å². The number of piperidine rings is 1. The van der Waals surface area contributed by atoms with Crippen LogP contribution < -0.4 is 16.6 Å². The molecule has 0 bridgehead atoms. The SMILES string of the molecule is C[C@H](NC(=O)Cn1c(=O)ccn(C2CC2)c1=O)C(=O)N1CCCCC1. The largest absolute Gasteiger partial charge is 0.343 e. The molecule has 1 aliphatic carbocycles. The van der Waals surface area contributed by atoms with Crippen LogP contribution in [-0.4, -0.2) is 45.0 Å². The predicted octanol–water partition coefficient (Wildman–Crippen LogP) is -0.138. The molecule has 1 aromatic heterocycles. The molecule has 2 aliphatic rings. The molecule has 25 heavy (non-hydrogen) atoms. The van der Waals surface area contributed by atoms with Crippen LogP contribution in [0.25, 0.3) is 0 Å². The highest BCUT2D eigenvalue weighted by atomic mass is 16.2. The van der Waals surface area contributed by atoms with Crippen molar-refractivity contribution in [1.82, 2.24) is 19.4 Å². The number of nitrogens with zero attached hydrogens (tertiary/aromatic N) is 3. The predicted molar refractivity (Wildman–Crippen MR) is 91.3 cm³/mol. The molecule has 0 aromatic carbocycles. The van der Waals surface area contributed by atoms with Gasteiger partial charge in [-0.3, -0.25) is 23.5 Å². The van der Waals surface area contributed by atoms with E-state index in [0.717, 1.165) is 36.7 Å². The lowest BCUT2D eigenvalue weighted by atomic mass is 10.1. The first-order chi connectivity index (χ1) is 12.0. The molecule has 2 fully saturated rings. The van der Waals surface area contributed by atoms with Gasteiger partial charge in [0.2, 0.25) is 11.8 Å². The van der Waals surface area contributed by atoms with Crippen molar-refractivity contribution < 1.29 is 9.59 Å². The molecule has 1 aromatic rings. The van der Waals surface area contributed by atoms with E-state index in [-0.39, 0.29) is 18.5 Å². The highest BCUT2D eigenvalue weighted by Gasteiger charge is 2.27. The van der Waals surface area contributed by atoms with Gasteiger partial charge in [0.1, 0.15) is 12.6 Å². The van der Waals surface area contributed by atoms with Crippen LogP contribution in [0.1, 0.15) is 45.1 Å². The lowest BCUT2D eigenvalue weighted by molar-refractivity contribution is -0.136. The average Bonchev–Trinajstić information content (AvgIpc) is 3.43. The van der Waals surface area contributed by atoms with Crippen LogP contribution in [0, 0.1) is 0 Å². The Morgan fingerprint density at radius 3 is 2.52 bits per heavy atom. The van der Waals surface area contributed by atoms with Crippen molar-refractivity contribution in [2.45, 2.75) is 57.7 Å². The monoisotopic (exact) mass is 348 g/mol. The van der Waals surface area contributed by atoms with Gasteiger partial charge in [0.05, 0.1) is 0 Å². The van der Waals surface area contributed by atoms with E-state index in [1.165, 1.54) is 16.8 Å². The van der Waals surface area contributed by atoms with Crippen molar-refractivity contribution in [3.8, 4) is 0 Å². The van der Waals surface area contributed by atoms with Gasteiger partial charge in [0.15, 0.2) is 0 Å². The van der Waals surface area contributed by atoms with Gasteiger partial charge in [-0.25, -0.2) is 4.79 Å². The summed E-state index contributed by atoms with van der Waals surface area (Å²) in [6.07, 6.45) is 6.38. The second-order valence-corrected chi connectivity index (χ2v) is 6.84. The molecule has 0 radical (unpaired) electrons. The second-order valence-electron chi connectivity index (χ2n) is 6.84. The first-order valence-corrected chi connectivity index (χ1v) is 8.87.